The van der Waals surface area contributed by atoms with Crippen LogP contribution in [0, 0.1) is 0 Å². The summed E-state index contributed by atoms with van der Waals surface area (Å²) in [7, 11) is -3.62. The maximum Gasteiger partial charge on any atom is 0.238 e. The van der Waals surface area contributed by atoms with Crippen molar-refractivity contribution in [2.45, 2.75) is 11.3 Å². The third-order valence-corrected chi connectivity index (χ3v) is 4.46. The fraction of sp³-hybridized carbons (Fsp3) is 0.538. The molecule has 0 atom stereocenters. The lowest BCUT2D eigenvalue weighted by atomic mass is 10.2. The number of piperazine rings is 1. The molecule has 1 saturated heterocycles. The number of benzene rings is 1. The van der Waals surface area contributed by atoms with Crippen LogP contribution in [0.25, 0.3) is 0 Å². The number of aliphatic hydroxyl groups excluding tert-OH is 1. The van der Waals surface area contributed by atoms with Crippen molar-refractivity contribution in [3.8, 4) is 0 Å². The number of nitrogens with zero attached hydrogens (tertiary/aromatic N) is 2. The highest BCUT2D eigenvalue weighted by Crippen LogP contribution is 2.18. The van der Waals surface area contributed by atoms with Gasteiger partial charge in [0.2, 0.25) is 10.0 Å². The summed E-state index contributed by atoms with van der Waals surface area (Å²) in [6.07, 6.45) is 0.809. The van der Waals surface area contributed by atoms with E-state index >= 15 is 0 Å². The van der Waals surface area contributed by atoms with Crippen LogP contribution in [0.15, 0.2) is 29.2 Å². The first-order chi connectivity index (χ1) is 9.50. The molecule has 0 radical (unpaired) electrons. The van der Waals surface area contributed by atoms with Crippen LogP contribution in [0.5, 0.6) is 0 Å². The molecule has 20 heavy (non-hydrogen) atoms. The standard InChI is InChI=1S/C13H21N3O3S/c14-20(18,19)13-4-2-12(3-5-13)16-9-7-15(8-10-16)6-1-11-17/h2-5,17H,1,6-11H2,(H2,14,18,19). The Bertz CT molecular complexity index is 522. The average molecular weight is 299 g/mol. The van der Waals surface area contributed by atoms with Gasteiger partial charge in [-0.25, -0.2) is 13.6 Å². The van der Waals surface area contributed by atoms with Crippen molar-refractivity contribution < 1.29 is 13.5 Å². The van der Waals surface area contributed by atoms with Crippen LogP contribution in [0.4, 0.5) is 5.69 Å². The van der Waals surface area contributed by atoms with Gasteiger partial charge in [0, 0.05) is 45.0 Å². The molecule has 0 aliphatic carbocycles. The Morgan fingerprint density at radius 1 is 1.10 bits per heavy atom. The molecule has 1 fully saturated rings. The number of aliphatic hydroxyl groups is 1. The molecule has 0 amide bonds. The fourth-order valence-electron chi connectivity index (χ4n) is 2.37. The predicted octanol–water partition coefficient (Wildman–Crippen LogP) is -0.162. The van der Waals surface area contributed by atoms with E-state index in [9.17, 15) is 8.42 Å². The van der Waals surface area contributed by atoms with E-state index in [-0.39, 0.29) is 11.5 Å². The van der Waals surface area contributed by atoms with Gasteiger partial charge in [0.05, 0.1) is 4.90 Å². The third kappa shape index (κ3) is 3.92. The maximum absolute atomic E-state index is 11.2. The molecule has 1 aliphatic heterocycles. The van der Waals surface area contributed by atoms with E-state index in [1.165, 1.54) is 0 Å². The van der Waals surface area contributed by atoms with E-state index in [2.05, 4.69) is 9.80 Å². The Balaban J connectivity index is 1.94. The van der Waals surface area contributed by atoms with E-state index in [0.29, 0.717) is 0 Å². The summed E-state index contributed by atoms with van der Waals surface area (Å²) in [5, 5.41) is 13.9. The van der Waals surface area contributed by atoms with Gasteiger partial charge in [-0.2, -0.15) is 0 Å². The monoisotopic (exact) mass is 299 g/mol. The van der Waals surface area contributed by atoms with Gasteiger partial charge in [-0.3, -0.25) is 4.90 Å². The summed E-state index contributed by atoms with van der Waals surface area (Å²) in [5.41, 5.74) is 1.01. The minimum atomic E-state index is -3.62. The first kappa shape index (κ1) is 15.2. The molecule has 112 valence electrons. The lowest BCUT2D eigenvalue weighted by Gasteiger charge is -2.36. The van der Waals surface area contributed by atoms with Crippen LogP contribution < -0.4 is 10.0 Å². The number of anilines is 1. The summed E-state index contributed by atoms with van der Waals surface area (Å²) in [4.78, 5) is 4.69. The SMILES string of the molecule is NS(=O)(=O)c1ccc(N2CCN(CCCO)CC2)cc1. The molecule has 3 N–H and O–H groups in total. The normalized spacial score (nSPS) is 17.4. The Morgan fingerprint density at radius 2 is 1.70 bits per heavy atom. The molecule has 1 aromatic rings. The van der Waals surface area contributed by atoms with Gasteiger partial charge in [-0.1, -0.05) is 0 Å². The lowest BCUT2D eigenvalue weighted by molar-refractivity contribution is 0.216. The third-order valence-electron chi connectivity index (χ3n) is 3.54. The van der Waals surface area contributed by atoms with Crippen molar-refractivity contribution in [3.63, 3.8) is 0 Å². The lowest BCUT2D eigenvalue weighted by Crippen LogP contribution is -2.46. The van der Waals surface area contributed by atoms with Crippen LogP contribution in [0.1, 0.15) is 6.42 Å². The molecule has 0 bridgehead atoms. The molecular formula is C13H21N3O3S. The Hall–Kier alpha value is -1.15. The zero-order chi connectivity index (χ0) is 14.6. The van der Waals surface area contributed by atoms with Crippen molar-refractivity contribution in [3.05, 3.63) is 24.3 Å². The summed E-state index contributed by atoms with van der Waals surface area (Å²) < 4.78 is 22.4. The topological polar surface area (TPSA) is 86.9 Å². The van der Waals surface area contributed by atoms with Crippen LogP contribution in [0.3, 0.4) is 0 Å². The quantitative estimate of drug-likeness (QED) is 0.789. The fourth-order valence-corrected chi connectivity index (χ4v) is 2.89. The molecule has 6 nitrogen and oxygen atoms in total. The van der Waals surface area contributed by atoms with Crippen molar-refractivity contribution >= 4 is 15.7 Å². The van der Waals surface area contributed by atoms with Gasteiger partial charge < -0.3 is 10.0 Å². The highest BCUT2D eigenvalue weighted by atomic mass is 32.2. The van der Waals surface area contributed by atoms with E-state index in [4.69, 9.17) is 10.2 Å². The number of nitrogens with two attached hydrogens (primary N) is 1. The highest BCUT2D eigenvalue weighted by Gasteiger charge is 2.17. The van der Waals surface area contributed by atoms with Crippen molar-refractivity contribution in [1.82, 2.24) is 4.90 Å². The molecule has 1 aromatic carbocycles. The Labute approximate surface area is 119 Å². The van der Waals surface area contributed by atoms with E-state index < -0.39 is 10.0 Å². The van der Waals surface area contributed by atoms with E-state index in [1.807, 2.05) is 0 Å². The predicted molar refractivity (Wildman–Crippen MR) is 78.2 cm³/mol. The molecule has 0 spiro atoms. The largest absolute Gasteiger partial charge is 0.396 e. The van der Waals surface area contributed by atoms with Gasteiger partial charge >= 0.3 is 0 Å². The molecule has 1 aliphatic rings. The van der Waals surface area contributed by atoms with Crippen molar-refractivity contribution in [1.29, 1.82) is 0 Å². The first-order valence-electron chi connectivity index (χ1n) is 6.72. The number of sulfonamides is 1. The first-order valence-corrected chi connectivity index (χ1v) is 8.26. The van der Waals surface area contributed by atoms with Crippen LogP contribution in [-0.2, 0) is 10.0 Å². The van der Waals surface area contributed by atoms with Gasteiger partial charge in [0.25, 0.3) is 0 Å². The minimum absolute atomic E-state index is 0.142. The summed E-state index contributed by atoms with van der Waals surface area (Å²) >= 11 is 0. The van der Waals surface area contributed by atoms with Crippen molar-refractivity contribution in [2.24, 2.45) is 5.14 Å². The molecule has 0 aromatic heterocycles. The van der Waals surface area contributed by atoms with Gasteiger partial charge in [0.1, 0.15) is 0 Å². The number of rotatable bonds is 5. The molecule has 2 rings (SSSR count). The number of hydrogen-bond donors (Lipinski definition) is 2. The van der Waals surface area contributed by atoms with Crippen LogP contribution >= 0.6 is 0 Å². The maximum atomic E-state index is 11.2. The average Bonchev–Trinajstić information content (AvgIpc) is 2.45. The smallest absolute Gasteiger partial charge is 0.238 e. The Morgan fingerprint density at radius 3 is 2.20 bits per heavy atom. The molecule has 0 unspecified atom stereocenters. The van der Waals surface area contributed by atoms with Gasteiger partial charge in [-0.05, 0) is 30.7 Å². The second kappa shape index (κ2) is 6.53. The zero-order valence-electron chi connectivity index (χ0n) is 11.4. The molecule has 0 saturated carbocycles. The molecule has 1 heterocycles. The van der Waals surface area contributed by atoms with E-state index in [0.717, 1.165) is 44.8 Å². The van der Waals surface area contributed by atoms with Gasteiger partial charge in [0.15, 0.2) is 0 Å². The number of hydrogen-bond acceptors (Lipinski definition) is 5. The van der Waals surface area contributed by atoms with Gasteiger partial charge in [-0.15, -0.1) is 0 Å². The zero-order valence-corrected chi connectivity index (χ0v) is 12.2. The Kier molecular flexibility index (Phi) is 4.98. The minimum Gasteiger partial charge on any atom is -0.396 e. The molecule has 7 heteroatoms. The number of primary sulfonamides is 1. The van der Waals surface area contributed by atoms with Crippen molar-refractivity contribution in [2.75, 3.05) is 44.2 Å². The summed E-state index contributed by atoms with van der Waals surface area (Å²) in [6, 6.07) is 6.68. The van der Waals surface area contributed by atoms with E-state index in [1.54, 1.807) is 24.3 Å². The summed E-state index contributed by atoms with van der Waals surface area (Å²) in [5.74, 6) is 0. The second-order valence-corrected chi connectivity index (χ2v) is 6.51. The van der Waals surface area contributed by atoms with Crippen LogP contribution in [0.2, 0.25) is 0 Å². The highest BCUT2D eigenvalue weighted by molar-refractivity contribution is 7.89. The second-order valence-electron chi connectivity index (χ2n) is 4.94. The summed E-state index contributed by atoms with van der Waals surface area (Å²) in [6.45, 7) is 4.87. The van der Waals surface area contributed by atoms with Crippen LogP contribution in [-0.4, -0.2) is 57.8 Å². The molecular weight excluding hydrogens is 278 g/mol.